The van der Waals surface area contributed by atoms with Crippen molar-refractivity contribution in [3.63, 3.8) is 0 Å². The molecule has 3 rings (SSSR count). The lowest BCUT2D eigenvalue weighted by Crippen LogP contribution is -2.43. The molecule has 1 aromatic heterocycles. The van der Waals surface area contributed by atoms with Gasteiger partial charge in [0, 0.05) is 37.0 Å². The molecule has 29 heavy (non-hydrogen) atoms. The Morgan fingerprint density at radius 3 is 2.41 bits per heavy atom. The van der Waals surface area contributed by atoms with Gasteiger partial charge >= 0.3 is 0 Å². The number of aryl methyl sites for hydroxylation is 2. The van der Waals surface area contributed by atoms with Crippen LogP contribution in [0.2, 0.25) is 0 Å². The van der Waals surface area contributed by atoms with E-state index in [9.17, 15) is 13.2 Å². The fourth-order valence-electron chi connectivity index (χ4n) is 3.55. The van der Waals surface area contributed by atoms with Crippen LogP contribution >= 0.6 is 0 Å². The number of nitrogens with zero attached hydrogens (tertiary/aromatic N) is 2. The average molecular weight is 423 g/mol. The van der Waals surface area contributed by atoms with Crippen LogP contribution in [0, 0.1) is 19.8 Å². The van der Waals surface area contributed by atoms with E-state index in [0.717, 1.165) is 0 Å². The number of H-pyrrole nitrogens is 1. The molecule has 1 unspecified atom stereocenters. The number of anilines is 1. The molecule has 0 spiro atoms. The predicted octanol–water partition coefficient (Wildman–Crippen LogP) is 2.08. The third-order valence-corrected chi connectivity index (χ3v) is 7.16. The quantitative estimate of drug-likeness (QED) is 0.737. The first-order chi connectivity index (χ1) is 13.8. The maximum atomic E-state index is 13.1. The summed E-state index contributed by atoms with van der Waals surface area (Å²) in [5, 5.41) is 9.55. The fourth-order valence-corrected chi connectivity index (χ4v) is 5.40. The van der Waals surface area contributed by atoms with E-state index in [4.69, 9.17) is 9.47 Å². The highest BCUT2D eigenvalue weighted by Crippen LogP contribution is 2.29. The van der Waals surface area contributed by atoms with Crippen LogP contribution in [-0.4, -0.2) is 56.1 Å². The van der Waals surface area contributed by atoms with Gasteiger partial charge in [0.15, 0.2) is 0 Å². The van der Waals surface area contributed by atoms with Gasteiger partial charge in [-0.3, -0.25) is 9.89 Å². The number of benzene rings is 1. The molecular weight excluding hydrogens is 396 g/mol. The Hall–Kier alpha value is -2.59. The van der Waals surface area contributed by atoms with Gasteiger partial charge in [-0.2, -0.15) is 9.40 Å². The molecule has 9 nitrogen and oxygen atoms in total. The van der Waals surface area contributed by atoms with Crippen LogP contribution in [0.15, 0.2) is 23.1 Å². The highest BCUT2D eigenvalue weighted by molar-refractivity contribution is 7.89. The summed E-state index contributed by atoms with van der Waals surface area (Å²) in [5.74, 6) is 0.417. The Balaban J connectivity index is 1.76. The molecule has 0 aliphatic carbocycles. The number of hydrogen-bond donors (Lipinski definition) is 2. The molecule has 1 atom stereocenters. The summed E-state index contributed by atoms with van der Waals surface area (Å²) in [4.78, 5) is 13.0. The molecule has 1 aliphatic rings. The molecule has 0 saturated carbocycles. The summed E-state index contributed by atoms with van der Waals surface area (Å²) >= 11 is 0. The lowest BCUT2D eigenvalue weighted by atomic mass is 9.98. The van der Waals surface area contributed by atoms with Crippen molar-refractivity contribution in [2.45, 2.75) is 31.6 Å². The number of ether oxygens (including phenoxy) is 2. The third kappa shape index (κ3) is 4.38. The van der Waals surface area contributed by atoms with Crippen molar-refractivity contribution in [3.05, 3.63) is 29.6 Å². The van der Waals surface area contributed by atoms with Crippen LogP contribution in [0.3, 0.4) is 0 Å². The van der Waals surface area contributed by atoms with Crippen molar-refractivity contribution in [2.75, 3.05) is 32.6 Å². The third-order valence-electron chi connectivity index (χ3n) is 5.03. The molecule has 1 fully saturated rings. The molecule has 2 heterocycles. The van der Waals surface area contributed by atoms with Crippen LogP contribution in [0.1, 0.15) is 24.2 Å². The Bertz CT molecular complexity index is 960. The van der Waals surface area contributed by atoms with Crippen LogP contribution in [-0.2, 0) is 14.8 Å². The maximum Gasteiger partial charge on any atom is 0.246 e. The molecule has 2 aromatic rings. The first-order valence-corrected chi connectivity index (χ1v) is 10.8. The molecule has 158 valence electrons. The number of amides is 1. The van der Waals surface area contributed by atoms with Crippen molar-refractivity contribution < 1.29 is 22.7 Å². The smallest absolute Gasteiger partial charge is 0.246 e. The van der Waals surface area contributed by atoms with Gasteiger partial charge in [-0.1, -0.05) is 0 Å². The minimum Gasteiger partial charge on any atom is -0.497 e. The second-order valence-corrected chi connectivity index (χ2v) is 8.93. The first-order valence-electron chi connectivity index (χ1n) is 9.32. The first kappa shape index (κ1) is 21.1. The minimum atomic E-state index is -3.72. The van der Waals surface area contributed by atoms with Crippen LogP contribution < -0.4 is 14.8 Å². The van der Waals surface area contributed by atoms with Crippen molar-refractivity contribution in [1.29, 1.82) is 0 Å². The second-order valence-electron chi connectivity index (χ2n) is 7.06. The van der Waals surface area contributed by atoms with E-state index in [1.165, 1.54) is 18.5 Å². The largest absolute Gasteiger partial charge is 0.497 e. The second kappa shape index (κ2) is 8.42. The highest BCUT2D eigenvalue weighted by atomic mass is 32.2. The Labute approximate surface area is 170 Å². The number of carbonyl (C=O) groups excluding carboxylic acids is 1. The summed E-state index contributed by atoms with van der Waals surface area (Å²) in [7, 11) is -0.657. The zero-order valence-corrected chi connectivity index (χ0v) is 17.8. The van der Waals surface area contributed by atoms with E-state index < -0.39 is 15.9 Å². The molecule has 1 aliphatic heterocycles. The number of aromatic nitrogens is 2. The highest BCUT2D eigenvalue weighted by Gasteiger charge is 2.35. The van der Waals surface area contributed by atoms with Crippen molar-refractivity contribution >= 4 is 21.6 Å². The summed E-state index contributed by atoms with van der Waals surface area (Å²) in [6, 6.07) is 5.09. The Kier molecular flexibility index (Phi) is 6.13. The lowest BCUT2D eigenvalue weighted by Gasteiger charge is -2.31. The molecular formula is C19H26N4O5S. The van der Waals surface area contributed by atoms with Gasteiger partial charge in [-0.15, -0.1) is 0 Å². The normalized spacial score (nSPS) is 17.7. The molecule has 1 amide bonds. The van der Waals surface area contributed by atoms with Crippen LogP contribution in [0.25, 0.3) is 0 Å². The SMILES string of the molecule is COc1cc(NC(=O)C2CCCN(S(=O)(=O)c3c(C)n[nH]c3C)C2)cc(OC)c1. The number of methoxy groups -OCH3 is 2. The summed E-state index contributed by atoms with van der Waals surface area (Å²) in [6.07, 6.45) is 1.22. The predicted molar refractivity (Wildman–Crippen MR) is 108 cm³/mol. The number of hydrogen-bond acceptors (Lipinski definition) is 6. The standard InChI is InChI=1S/C19H26N4O5S/c1-12-18(13(2)22-21-12)29(25,26)23-7-5-6-14(11-23)19(24)20-15-8-16(27-3)10-17(9-15)28-4/h8-10,14H,5-7,11H2,1-4H3,(H,20,24)(H,21,22). The zero-order chi connectivity index (χ0) is 21.2. The molecule has 1 aromatic carbocycles. The Morgan fingerprint density at radius 2 is 1.86 bits per heavy atom. The van der Waals surface area contributed by atoms with Gasteiger partial charge in [0.1, 0.15) is 16.4 Å². The maximum absolute atomic E-state index is 13.1. The number of sulfonamides is 1. The summed E-state index contributed by atoms with van der Waals surface area (Å²) in [5.41, 5.74) is 1.46. The van der Waals surface area contributed by atoms with E-state index in [1.807, 2.05) is 0 Å². The van der Waals surface area contributed by atoms with Gasteiger partial charge in [-0.25, -0.2) is 8.42 Å². The Morgan fingerprint density at radius 1 is 1.21 bits per heavy atom. The van der Waals surface area contributed by atoms with Crippen molar-refractivity contribution in [2.24, 2.45) is 5.92 Å². The van der Waals surface area contributed by atoms with Crippen LogP contribution in [0.4, 0.5) is 5.69 Å². The summed E-state index contributed by atoms with van der Waals surface area (Å²) < 4.78 is 38.0. The monoisotopic (exact) mass is 422 g/mol. The van der Waals surface area contributed by atoms with Gasteiger partial charge in [0.05, 0.1) is 31.5 Å². The zero-order valence-electron chi connectivity index (χ0n) is 17.0. The van der Waals surface area contributed by atoms with E-state index in [0.29, 0.717) is 48.0 Å². The molecule has 0 radical (unpaired) electrons. The number of nitrogens with one attached hydrogen (secondary N) is 2. The van der Waals surface area contributed by atoms with Crippen LogP contribution in [0.5, 0.6) is 11.5 Å². The lowest BCUT2D eigenvalue weighted by molar-refractivity contribution is -0.120. The number of carbonyl (C=O) groups is 1. The van der Waals surface area contributed by atoms with Gasteiger partial charge in [0.2, 0.25) is 15.9 Å². The average Bonchev–Trinajstić information content (AvgIpc) is 3.06. The number of aromatic amines is 1. The van der Waals surface area contributed by atoms with E-state index in [2.05, 4.69) is 15.5 Å². The fraction of sp³-hybridized carbons (Fsp3) is 0.474. The van der Waals surface area contributed by atoms with Crippen molar-refractivity contribution in [1.82, 2.24) is 14.5 Å². The topological polar surface area (TPSA) is 114 Å². The van der Waals surface area contributed by atoms with Gasteiger partial charge < -0.3 is 14.8 Å². The molecule has 1 saturated heterocycles. The molecule has 2 N–H and O–H groups in total. The van der Waals surface area contributed by atoms with Crippen molar-refractivity contribution in [3.8, 4) is 11.5 Å². The molecule has 10 heteroatoms. The van der Waals surface area contributed by atoms with E-state index in [1.54, 1.807) is 32.0 Å². The minimum absolute atomic E-state index is 0.124. The number of rotatable bonds is 6. The van der Waals surface area contributed by atoms with Gasteiger partial charge in [-0.05, 0) is 26.7 Å². The summed E-state index contributed by atoms with van der Waals surface area (Å²) in [6.45, 7) is 3.83. The van der Waals surface area contributed by atoms with E-state index >= 15 is 0 Å². The van der Waals surface area contributed by atoms with Gasteiger partial charge in [0.25, 0.3) is 0 Å². The molecule has 0 bridgehead atoms. The van der Waals surface area contributed by atoms with E-state index in [-0.39, 0.29) is 17.3 Å². The number of piperidine rings is 1.